The quantitative estimate of drug-likeness (QED) is 0.504. The number of likely N-dealkylation sites (N-methyl/N-ethyl adjacent to an activating group) is 1. The van der Waals surface area contributed by atoms with Gasteiger partial charge in [0.25, 0.3) is 0 Å². The molecule has 0 bridgehead atoms. The Morgan fingerprint density at radius 1 is 1.40 bits per heavy atom. The Morgan fingerprint density at radius 3 is 2.90 bits per heavy atom. The van der Waals surface area contributed by atoms with Crippen molar-refractivity contribution in [2.24, 2.45) is 0 Å². The molecule has 0 aliphatic carbocycles. The van der Waals surface area contributed by atoms with Crippen LogP contribution in [-0.4, -0.2) is 57.8 Å². The first kappa shape index (κ1) is 16.3. The molecule has 0 fully saturated rings. The van der Waals surface area contributed by atoms with Gasteiger partial charge in [0.15, 0.2) is 0 Å². The van der Waals surface area contributed by atoms with Gasteiger partial charge < -0.3 is 20.5 Å². The maximum atomic E-state index is 11.5. The second-order valence-electron chi connectivity index (χ2n) is 4.50. The third-order valence-electron chi connectivity index (χ3n) is 2.64. The Hall–Kier alpha value is -1.79. The highest BCUT2D eigenvalue weighted by Crippen LogP contribution is 2.13. The van der Waals surface area contributed by atoms with Crippen molar-refractivity contribution in [2.45, 2.75) is 0 Å². The van der Waals surface area contributed by atoms with Crippen molar-refractivity contribution in [2.75, 3.05) is 52.7 Å². The van der Waals surface area contributed by atoms with E-state index in [9.17, 15) is 4.79 Å². The molecule has 6 heteroatoms. The summed E-state index contributed by atoms with van der Waals surface area (Å²) in [5.41, 5.74) is 6.33. The molecule has 20 heavy (non-hydrogen) atoms. The number of nitrogen functional groups attached to an aromatic ring is 1. The fraction of sp³-hybridized carbons (Fsp3) is 0.500. The largest absolute Gasteiger partial charge is 0.492 e. The fourth-order valence-electron chi connectivity index (χ4n) is 1.60. The lowest BCUT2D eigenvalue weighted by Gasteiger charge is -2.16. The average Bonchev–Trinajstić information content (AvgIpc) is 2.39. The SMILES string of the molecule is COCCNC(=O)CN(C)CCOc1cccc(N)c1. The van der Waals surface area contributed by atoms with Crippen molar-refractivity contribution in [1.29, 1.82) is 0 Å². The molecule has 1 rings (SSSR count). The third-order valence-corrected chi connectivity index (χ3v) is 2.64. The first-order valence-corrected chi connectivity index (χ1v) is 6.54. The summed E-state index contributed by atoms with van der Waals surface area (Å²) < 4.78 is 10.4. The van der Waals surface area contributed by atoms with Crippen molar-refractivity contribution in [3.63, 3.8) is 0 Å². The first-order valence-electron chi connectivity index (χ1n) is 6.54. The van der Waals surface area contributed by atoms with E-state index in [0.717, 1.165) is 5.75 Å². The molecule has 0 spiro atoms. The molecule has 0 atom stereocenters. The Bertz CT molecular complexity index is 412. The highest BCUT2D eigenvalue weighted by molar-refractivity contribution is 5.77. The minimum absolute atomic E-state index is 0.0199. The topological polar surface area (TPSA) is 76.8 Å². The van der Waals surface area contributed by atoms with Crippen LogP contribution in [0.25, 0.3) is 0 Å². The Balaban J connectivity index is 2.16. The van der Waals surface area contributed by atoms with Crippen molar-refractivity contribution in [3.8, 4) is 5.75 Å². The average molecular weight is 281 g/mol. The summed E-state index contributed by atoms with van der Waals surface area (Å²) in [6.45, 7) is 2.55. The number of carbonyl (C=O) groups excluding carboxylic acids is 1. The van der Waals surface area contributed by atoms with E-state index in [2.05, 4.69) is 5.32 Å². The lowest BCUT2D eigenvalue weighted by atomic mass is 10.3. The van der Waals surface area contributed by atoms with Crippen LogP contribution >= 0.6 is 0 Å². The zero-order valence-corrected chi connectivity index (χ0v) is 12.1. The predicted molar refractivity (Wildman–Crippen MR) is 78.7 cm³/mol. The molecule has 0 aromatic heterocycles. The van der Waals surface area contributed by atoms with Crippen LogP contribution in [0, 0.1) is 0 Å². The van der Waals surface area contributed by atoms with E-state index in [4.69, 9.17) is 15.2 Å². The molecule has 0 aliphatic rings. The van der Waals surface area contributed by atoms with E-state index in [1.165, 1.54) is 0 Å². The second-order valence-corrected chi connectivity index (χ2v) is 4.50. The molecule has 0 heterocycles. The maximum Gasteiger partial charge on any atom is 0.234 e. The summed E-state index contributed by atoms with van der Waals surface area (Å²) >= 11 is 0. The van der Waals surface area contributed by atoms with E-state index < -0.39 is 0 Å². The number of amides is 1. The molecule has 0 radical (unpaired) electrons. The monoisotopic (exact) mass is 281 g/mol. The predicted octanol–water partition coefficient (Wildman–Crippen LogP) is 0.342. The summed E-state index contributed by atoms with van der Waals surface area (Å²) in [5.74, 6) is 0.719. The Morgan fingerprint density at radius 2 is 2.20 bits per heavy atom. The van der Waals surface area contributed by atoms with Crippen LogP contribution in [0.3, 0.4) is 0 Å². The van der Waals surface area contributed by atoms with Gasteiger partial charge in [0.1, 0.15) is 12.4 Å². The molecule has 1 aromatic carbocycles. The molecule has 1 aromatic rings. The number of hydrogen-bond donors (Lipinski definition) is 2. The van der Waals surface area contributed by atoms with Crippen LogP contribution in [0.4, 0.5) is 5.69 Å². The van der Waals surface area contributed by atoms with Crippen molar-refractivity contribution in [1.82, 2.24) is 10.2 Å². The maximum absolute atomic E-state index is 11.5. The van der Waals surface area contributed by atoms with Gasteiger partial charge in [-0.15, -0.1) is 0 Å². The molecule has 0 saturated carbocycles. The van der Waals surface area contributed by atoms with E-state index in [-0.39, 0.29) is 5.91 Å². The minimum atomic E-state index is -0.0199. The molecular weight excluding hydrogens is 258 g/mol. The number of nitrogens with one attached hydrogen (secondary N) is 1. The number of rotatable bonds is 9. The van der Waals surface area contributed by atoms with Gasteiger partial charge in [0.05, 0.1) is 13.2 Å². The van der Waals surface area contributed by atoms with Crippen LogP contribution in [0.15, 0.2) is 24.3 Å². The number of methoxy groups -OCH3 is 1. The second kappa shape index (κ2) is 9.17. The van der Waals surface area contributed by atoms with Crippen LogP contribution < -0.4 is 15.8 Å². The van der Waals surface area contributed by atoms with Crippen molar-refractivity contribution >= 4 is 11.6 Å². The van der Waals surface area contributed by atoms with Crippen LogP contribution in [0.2, 0.25) is 0 Å². The summed E-state index contributed by atoms with van der Waals surface area (Å²) in [4.78, 5) is 13.4. The molecule has 6 nitrogen and oxygen atoms in total. The van der Waals surface area contributed by atoms with E-state index in [1.54, 1.807) is 13.2 Å². The lowest BCUT2D eigenvalue weighted by molar-refractivity contribution is -0.122. The van der Waals surface area contributed by atoms with E-state index >= 15 is 0 Å². The van der Waals surface area contributed by atoms with Gasteiger partial charge in [-0.25, -0.2) is 0 Å². The van der Waals surface area contributed by atoms with Gasteiger partial charge in [0, 0.05) is 32.0 Å². The minimum Gasteiger partial charge on any atom is -0.492 e. The van der Waals surface area contributed by atoms with Crippen molar-refractivity contribution < 1.29 is 14.3 Å². The van der Waals surface area contributed by atoms with Crippen LogP contribution in [-0.2, 0) is 9.53 Å². The van der Waals surface area contributed by atoms with Gasteiger partial charge in [-0.1, -0.05) is 6.07 Å². The fourth-order valence-corrected chi connectivity index (χ4v) is 1.60. The summed E-state index contributed by atoms with van der Waals surface area (Å²) in [7, 11) is 3.48. The van der Waals surface area contributed by atoms with Crippen molar-refractivity contribution in [3.05, 3.63) is 24.3 Å². The van der Waals surface area contributed by atoms with Gasteiger partial charge in [-0.2, -0.15) is 0 Å². The van der Waals surface area contributed by atoms with Gasteiger partial charge >= 0.3 is 0 Å². The Kier molecular flexibility index (Phi) is 7.46. The number of ether oxygens (including phenoxy) is 2. The highest BCUT2D eigenvalue weighted by atomic mass is 16.5. The van der Waals surface area contributed by atoms with E-state index in [1.807, 2.05) is 30.1 Å². The number of anilines is 1. The molecule has 0 aliphatic heterocycles. The standard InChI is InChI=1S/C14H23N3O3/c1-17(11-14(18)16-6-8-19-2)7-9-20-13-5-3-4-12(15)10-13/h3-5,10H,6-9,11,15H2,1-2H3,(H,16,18). The number of carbonyl (C=O) groups is 1. The van der Waals surface area contributed by atoms with E-state index in [0.29, 0.717) is 38.5 Å². The molecule has 0 saturated heterocycles. The highest BCUT2D eigenvalue weighted by Gasteiger charge is 2.06. The number of nitrogens with two attached hydrogens (primary N) is 1. The number of nitrogens with zero attached hydrogens (tertiary/aromatic N) is 1. The first-order chi connectivity index (χ1) is 9.61. The third kappa shape index (κ3) is 6.96. The number of benzene rings is 1. The molecular formula is C14H23N3O3. The normalized spacial score (nSPS) is 10.6. The van der Waals surface area contributed by atoms with Gasteiger partial charge in [-0.05, 0) is 19.2 Å². The summed E-state index contributed by atoms with van der Waals surface area (Å²) in [6, 6.07) is 7.28. The zero-order chi connectivity index (χ0) is 14.8. The molecule has 3 N–H and O–H groups in total. The summed E-state index contributed by atoms with van der Waals surface area (Å²) in [5, 5.41) is 2.77. The molecule has 1 amide bonds. The van der Waals surface area contributed by atoms with Crippen LogP contribution in [0.5, 0.6) is 5.75 Å². The zero-order valence-electron chi connectivity index (χ0n) is 12.1. The number of hydrogen-bond acceptors (Lipinski definition) is 5. The van der Waals surface area contributed by atoms with Gasteiger partial charge in [0.2, 0.25) is 5.91 Å². The molecule has 112 valence electrons. The van der Waals surface area contributed by atoms with Crippen LogP contribution in [0.1, 0.15) is 0 Å². The summed E-state index contributed by atoms with van der Waals surface area (Å²) in [6.07, 6.45) is 0. The molecule has 0 unspecified atom stereocenters. The van der Waals surface area contributed by atoms with Gasteiger partial charge in [-0.3, -0.25) is 9.69 Å². The Labute approximate surface area is 119 Å². The smallest absolute Gasteiger partial charge is 0.234 e. The lowest BCUT2D eigenvalue weighted by Crippen LogP contribution is -2.38.